The van der Waals surface area contributed by atoms with Crippen molar-refractivity contribution in [3.05, 3.63) is 24.3 Å². The number of carbonyl (C=O) groups is 1. The predicted molar refractivity (Wildman–Crippen MR) is 75.6 cm³/mol. The molecule has 5 nitrogen and oxygen atoms in total. The van der Waals surface area contributed by atoms with Gasteiger partial charge in [-0.1, -0.05) is 32.4 Å². The standard InChI is InChI=1S/C13H20N2O3S/c1-4-9(2)12(14)13(16)15-10-7-5-6-8-11(10)19(3,17)18/h5-9,12H,4,14H2,1-3H3,(H,15,16). The smallest absolute Gasteiger partial charge is 0.241 e. The van der Waals surface area contributed by atoms with E-state index in [0.29, 0.717) is 0 Å². The van der Waals surface area contributed by atoms with Gasteiger partial charge in [0, 0.05) is 6.26 Å². The van der Waals surface area contributed by atoms with Crippen molar-refractivity contribution in [1.82, 2.24) is 0 Å². The van der Waals surface area contributed by atoms with Gasteiger partial charge >= 0.3 is 0 Å². The van der Waals surface area contributed by atoms with Gasteiger partial charge in [0.25, 0.3) is 0 Å². The average Bonchev–Trinajstić information content (AvgIpc) is 2.36. The maximum Gasteiger partial charge on any atom is 0.241 e. The third-order valence-electron chi connectivity index (χ3n) is 3.10. The van der Waals surface area contributed by atoms with Crippen molar-refractivity contribution in [2.75, 3.05) is 11.6 Å². The van der Waals surface area contributed by atoms with Crippen LogP contribution in [0.4, 0.5) is 5.69 Å². The molecule has 1 aromatic carbocycles. The molecule has 2 unspecified atom stereocenters. The highest BCUT2D eigenvalue weighted by Gasteiger charge is 2.21. The topological polar surface area (TPSA) is 89.3 Å². The van der Waals surface area contributed by atoms with Crippen LogP contribution >= 0.6 is 0 Å². The van der Waals surface area contributed by atoms with E-state index in [9.17, 15) is 13.2 Å². The number of hydrogen-bond donors (Lipinski definition) is 2. The predicted octanol–water partition coefficient (Wildman–Crippen LogP) is 1.40. The zero-order chi connectivity index (χ0) is 14.6. The second-order valence-corrected chi connectivity index (χ2v) is 6.65. The Balaban J connectivity index is 2.98. The lowest BCUT2D eigenvalue weighted by Gasteiger charge is -2.18. The molecule has 0 fully saturated rings. The first kappa shape index (κ1) is 15.7. The number of benzene rings is 1. The van der Waals surface area contributed by atoms with Crippen molar-refractivity contribution < 1.29 is 13.2 Å². The van der Waals surface area contributed by atoms with Crippen LogP contribution < -0.4 is 11.1 Å². The largest absolute Gasteiger partial charge is 0.324 e. The maximum absolute atomic E-state index is 12.0. The van der Waals surface area contributed by atoms with Crippen molar-refractivity contribution in [3.8, 4) is 0 Å². The molecule has 19 heavy (non-hydrogen) atoms. The van der Waals surface area contributed by atoms with Gasteiger partial charge in [-0.2, -0.15) is 0 Å². The molecule has 2 atom stereocenters. The number of sulfone groups is 1. The van der Waals surface area contributed by atoms with Gasteiger partial charge in [0.2, 0.25) is 5.91 Å². The number of anilines is 1. The molecule has 0 heterocycles. The fourth-order valence-electron chi connectivity index (χ4n) is 1.62. The van der Waals surface area contributed by atoms with Crippen molar-refractivity contribution in [2.45, 2.75) is 31.2 Å². The molecule has 0 saturated carbocycles. The molecule has 1 aromatic rings. The fourth-order valence-corrected chi connectivity index (χ4v) is 2.47. The number of nitrogens with two attached hydrogens (primary N) is 1. The van der Waals surface area contributed by atoms with Crippen LogP contribution in [0.3, 0.4) is 0 Å². The second kappa shape index (κ2) is 6.16. The van der Waals surface area contributed by atoms with Crippen LogP contribution in [0.1, 0.15) is 20.3 Å². The van der Waals surface area contributed by atoms with Gasteiger partial charge in [-0.3, -0.25) is 4.79 Å². The summed E-state index contributed by atoms with van der Waals surface area (Å²) in [6.45, 7) is 3.83. The first-order chi connectivity index (χ1) is 8.77. The van der Waals surface area contributed by atoms with Crippen LogP contribution in [0.15, 0.2) is 29.2 Å². The molecule has 0 aliphatic carbocycles. The molecule has 0 saturated heterocycles. The van der Waals surface area contributed by atoms with E-state index in [4.69, 9.17) is 5.73 Å². The zero-order valence-corrected chi connectivity index (χ0v) is 12.2. The summed E-state index contributed by atoms with van der Waals surface area (Å²) in [4.78, 5) is 12.1. The summed E-state index contributed by atoms with van der Waals surface area (Å²) in [6, 6.07) is 5.63. The fraction of sp³-hybridized carbons (Fsp3) is 0.462. The number of amides is 1. The Morgan fingerprint density at radius 2 is 1.95 bits per heavy atom. The summed E-state index contributed by atoms with van der Waals surface area (Å²) in [6.07, 6.45) is 1.88. The highest BCUT2D eigenvalue weighted by molar-refractivity contribution is 7.90. The molecular formula is C13H20N2O3S. The zero-order valence-electron chi connectivity index (χ0n) is 11.4. The van der Waals surface area contributed by atoms with E-state index in [1.165, 1.54) is 6.07 Å². The molecule has 0 radical (unpaired) electrons. The minimum Gasteiger partial charge on any atom is -0.324 e. The Hall–Kier alpha value is -1.40. The minimum absolute atomic E-state index is 0.0328. The van der Waals surface area contributed by atoms with Gasteiger partial charge in [0.15, 0.2) is 9.84 Å². The highest BCUT2D eigenvalue weighted by atomic mass is 32.2. The summed E-state index contributed by atoms with van der Waals surface area (Å²) in [7, 11) is -3.39. The number of para-hydroxylation sites is 1. The van der Waals surface area contributed by atoms with E-state index >= 15 is 0 Å². The maximum atomic E-state index is 12.0. The monoisotopic (exact) mass is 284 g/mol. The van der Waals surface area contributed by atoms with E-state index in [1.54, 1.807) is 18.2 Å². The van der Waals surface area contributed by atoms with Crippen molar-refractivity contribution >= 4 is 21.4 Å². The molecule has 1 rings (SSSR count). The molecular weight excluding hydrogens is 264 g/mol. The van der Waals surface area contributed by atoms with Gasteiger partial charge in [0.05, 0.1) is 16.6 Å². The minimum atomic E-state index is -3.39. The Bertz CT molecular complexity index is 555. The molecule has 106 valence electrons. The second-order valence-electron chi connectivity index (χ2n) is 4.67. The number of rotatable bonds is 5. The van der Waals surface area contributed by atoms with E-state index < -0.39 is 15.9 Å². The Morgan fingerprint density at radius 1 is 1.37 bits per heavy atom. The van der Waals surface area contributed by atoms with Gasteiger partial charge in [0.1, 0.15) is 0 Å². The third kappa shape index (κ3) is 4.04. The molecule has 0 aromatic heterocycles. The molecule has 6 heteroatoms. The van der Waals surface area contributed by atoms with Gasteiger partial charge in [-0.05, 0) is 18.1 Å². The summed E-state index contributed by atoms with van der Waals surface area (Å²) < 4.78 is 23.2. The quantitative estimate of drug-likeness (QED) is 0.855. The lowest BCUT2D eigenvalue weighted by Crippen LogP contribution is -2.40. The van der Waals surface area contributed by atoms with E-state index in [1.807, 2.05) is 13.8 Å². The van der Waals surface area contributed by atoms with E-state index in [-0.39, 0.29) is 22.4 Å². The van der Waals surface area contributed by atoms with Crippen LogP contribution in [0.2, 0.25) is 0 Å². The van der Waals surface area contributed by atoms with Gasteiger partial charge in [-0.25, -0.2) is 8.42 Å². The molecule has 0 spiro atoms. The normalized spacial score (nSPS) is 14.7. The first-order valence-electron chi connectivity index (χ1n) is 6.13. The molecule has 0 aliphatic heterocycles. The summed E-state index contributed by atoms with van der Waals surface area (Å²) in [5.41, 5.74) is 6.09. The molecule has 1 amide bonds. The Kier molecular flexibility index (Phi) is 5.08. The van der Waals surface area contributed by atoms with Crippen LogP contribution in [0, 0.1) is 5.92 Å². The Labute approximate surface area is 114 Å². The van der Waals surface area contributed by atoms with E-state index in [0.717, 1.165) is 12.7 Å². The Morgan fingerprint density at radius 3 is 2.47 bits per heavy atom. The number of nitrogens with one attached hydrogen (secondary N) is 1. The van der Waals surface area contributed by atoms with Crippen LogP contribution in [-0.4, -0.2) is 26.6 Å². The average molecular weight is 284 g/mol. The van der Waals surface area contributed by atoms with Crippen molar-refractivity contribution in [3.63, 3.8) is 0 Å². The molecule has 0 aliphatic rings. The summed E-state index contributed by atoms with van der Waals surface area (Å²) >= 11 is 0. The third-order valence-corrected chi connectivity index (χ3v) is 4.26. The van der Waals surface area contributed by atoms with Crippen LogP contribution in [-0.2, 0) is 14.6 Å². The summed E-state index contributed by atoms with van der Waals surface area (Å²) in [5, 5.41) is 2.59. The van der Waals surface area contributed by atoms with Crippen LogP contribution in [0.25, 0.3) is 0 Å². The van der Waals surface area contributed by atoms with Crippen molar-refractivity contribution in [2.24, 2.45) is 11.7 Å². The first-order valence-corrected chi connectivity index (χ1v) is 8.02. The van der Waals surface area contributed by atoms with Gasteiger partial charge < -0.3 is 11.1 Å². The summed E-state index contributed by atoms with van der Waals surface area (Å²) in [5.74, 6) is -0.337. The van der Waals surface area contributed by atoms with E-state index in [2.05, 4.69) is 5.32 Å². The molecule has 3 N–H and O–H groups in total. The molecule has 0 bridgehead atoms. The number of hydrogen-bond acceptors (Lipinski definition) is 4. The van der Waals surface area contributed by atoms with Crippen molar-refractivity contribution in [1.29, 1.82) is 0 Å². The SMILES string of the molecule is CCC(C)C(N)C(=O)Nc1ccccc1S(C)(=O)=O. The lowest BCUT2D eigenvalue weighted by atomic mass is 9.99. The van der Waals surface area contributed by atoms with Crippen LogP contribution in [0.5, 0.6) is 0 Å². The van der Waals surface area contributed by atoms with Gasteiger partial charge in [-0.15, -0.1) is 0 Å². The highest BCUT2D eigenvalue weighted by Crippen LogP contribution is 2.21. The number of carbonyl (C=O) groups excluding carboxylic acids is 1. The lowest BCUT2D eigenvalue weighted by molar-refractivity contribution is -0.118.